The molecule has 0 saturated carbocycles. The monoisotopic (exact) mass is 333 g/mol. The maximum Gasteiger partial charge on any atom is 0.119 e. The highest BCUT2D eigenvalue weighted by Crippen LogP contribution is 2.24. The molecule has 0 saturated heterocycles. The van der Waals surface area contributed by atoms with Crippen LogP contribution in [-0.4, -0.2) is 13.2 Å². The standard InChI is InChI=1S/C17H20BrNO/c1-2-20-17-8-6-13(7-9-17)10-15(12-19)14-4-3-5-16(18)11-14/h3-9,11,15H,2,10,12,19H2,1H3. The van der Waals surface area contributed by atoms with Crippen molar-refractivity contribution in [1.29, 1.82) is 0 Å². The number of nitrogens with two attached hydrogens (primary N) is 1. The van der Waals surface area contributed by atoms with Crippen LogP contribution in [0.25, 0.3) is 0 Å². The van der Waals surface area contributed by atoms with Crippen LogP contribution in [-0.2, 0) is 6.42 Å². The Morgan fingerprint density at radius 3 is 2.50 bits per heavy atom. The van der Waals surface area contributed by atoms with Crippen LogP contribution in [0.3, 0.4) is 0 Å². The molecule has 0 heterocycles. The van der Waals surface area contributed by atoms with Gasteiger partial charge in [-0.1, -0.05) is 40.2 Å². The van der Waals surface area contributed by atoms with E-state index >= 15 is 0 Å². The molecule has 2 rings (SSSR count). The Bertz CT molecular complexity index is 539. The second-order valence-electron chi connectivity index (χ2n) is 4.77. The van der Waals surface area contributed by atoms with Gasteiger partial charge in [-0.25, -0.2) is 0 Å². The highest BCUT2D eigenvalue weighted by molar-refractivity contribution is 9.10. The van der Waals surface area contributed by atoms with Gasteiger partial charge in [0.15, 0.2) is 0 Å². The molecule has 0 aliphatic carbocycles. The Balaban J connectivity index is 2.09. The molecular weight excluding hydrogens is 314 g/mol. The Labute approximate surface area is 129 Å². The number of halogens is 1. The minimum atomic E-state index is 0.338. The van der Waals surface area contributed by atoms with E-state index < -0.39 is 0 Å². The van der Waals surface area contributed by atoms with Crippen molar-refractivity contribution >= 4 is 15.9 Å². The van der Waals surface area contributed by atoms with Crippen molar-refractivity contribution in [1.82, 2.24) is 0 Å². The van der Waals surface area contributed by atoms with E-state index in [1.165, 1.54) is 11.1 Å². The van der Waals surface area contributed by atoms with Crippen molar-refractivity contribution in [2.24, 2.45) is 5.73 Å². The van der Waals surface area contributed by atoms with E-state index in [-0.39, 0.29) is 0 Å². The van der Waals surface area contributed by atoms with Crippen molar-refractivity contribution in [2.45, 2.75) is 19.3 Å². The summed E-state index contributed by atoms with van der Waals surface area (Å²) >= 11 is 3.51. The molecule has 2 N–H and O–H groups in total. The number of hydrogen-bond acceptors (Lipinski definition) is 2. The highest BCUT2D eigenvalue weighted by atomic mass is 79.9. The summed E-state index contributed by atoms with van der Waals surface area (Å²) in [5.74, 6) is 1.26. The molecule has 1 unspecified atom stereocenters. The number of rotatable bonds is 6. The van der Waals surface area contributed by atoms with Crippen molar-refractivity contribution in [2.75, 3.05) is 13.2 Å². The van der Waals surface area contributed by atoms with Gasteiger partial charge in [-0.05, 0) is 55.3 Å². The minimum Gasteiger partial charge on any atom is -0.494 e. The molecule has 20 heavy (non-hydrogen) atoms. The van der Waals surface area contributed by atoms with Crippen molar-refractivity contribution in [3.63, 3.8) is 0 Å². The van der Waals surface area contributed by atoms with Gasteiger partial charge < -0.3 is 10.5 Å². The number of ether oxygens (including phenoxy) is 1. The first-order chi connectivity index (χ1) is 9.72. The third kappa shape index (κ3) is 4.09. The molecule has 2 nitrogen and oxygen atoms in total. The smallest absolute Gasteiger partial charge is 0.119 e. The second-order valence-corrected chi connectivity index (χ2v) is 5.68. The molecule has 106 valence electrons. The van der Waals surface area contributed by atoms with Crippen LogP contribution in [0.15, 0.2) is 53.0 Å². The fourth-order valence-electron chi connectivity index (χ4n) is 2.27. The average Bonchev–Trinajstić information content (AvgIpc) is 2.47. The van der Waals surface area contributed by atoms with Crippen LogP contribution in [0.1, 0.15) is 24.0 Å². The largest absolute Gasteiger partial charge is 0.494 e. The Morgan fingerprint density at radius 1 is 1.15 bits per heavy atom. The molecule has 0 amide bonds. The van der Waals surface area contributed by atoms with E-state index in [2.05, 4.69) is 46.3 Å². The van der Waals surface area contributed by atoms with E-state index in [9.17, 15) is 0 Å². The molecule has 3 heteroatoms. The first-order valence-corrected chi connectivity index (χ1v) is 7.69. The Hall–Kier alpha value is -1.32. The molecule has 2 aromatic carbocycles. The van der Waals surface area contributed by atoms with E-state index in [1.807, 2.05) is 25.1 Å². The first kappa shape index (κ1) is 15.1. The van der Waals surface area contributed by atoms with Gasteiger partial charge in [0.25, 0.3) is 0 Å². The summed E-state index contributed by atoms with van der Waals surface area (Å²) in [4.78, 5) is 0. The lowest BCUT2D eigenvalue weighted by molar-refractivity contribution is 0.340. The van der Waals surface area contributed by atoms with Gasteiger partial charge in [0.1, 0.15) is 5.75 Å². The Kier molecular flexibility index (Phi) is 5.62. The van der Waals surface area contributed by atoms with E-state index in [0.717, 1.165) is 16.6 Å². The quantitative estimate of drug-likeness (QED) is 0.862. The van der Waals surface area contributed by atoms with Gasteiger partial charge in [0.2, 0.25) is 0 Å². The van der Waals surface area contributed by atoms with Gasteiger partial charge in [0.05, 0.1) is 6.61 Å². The minimum absolute atomic E-state index is 0.338. The van der Waals surface area contributed by atoms with Gasteiger partial charge in [0, 0.05) is 10.4 Å². The molecule has 0 radical (unpaired) electrons. The fraction of sp³-hybridized carbons (Fsp3) is 0.294. The molecule has 1 atom stereocenters. The van der Waals surface area contributed by atoms with Gasteiger partial charge in [-0.3, -0.25) is 0 Å². The lowest BCUT2D eigenvalue weighted by Gasteiger charge is -2.16. The predicted molar refractivity (Wildman–Crippen MR) is 87.3 cm³/mol. The third-order valence-electron chi connectivity index (χ3n) is 3.32. The molecule has 2 aromatic rings. The van der Waals surface area contributed by atoms with Crippen molar-refractivity contribution < 1.29 is 4.74 Å². The maximum absolute atomic E-state index is 5.94. The molecule has 0 fully saturated rings. The van der Waals surface area contributed by atoms with E-state index in [1.54, 1.807) is 0 Å². The molecular formula is C17H20BrNO. The zero-order chi connectivity index (χ0) is 14.4. The zero-order valence-electron chi connectivity index (χ0n) is 11.7. The van der Waals surface area contributed by atoms with E-state index in [0.29, 0.717) is 19.1 Å². The van der Waals surface area contributed by atoms with Crippen LogP contribution < -0.4 is 10.5 Å². The SMILES string of the molecule is CCOc1ccc(CC(CN)c2cccc(Br)c2)cc1. The molecule has 0 bridgehead atoms. The zero-order valence-corrected chi connectivity index (χ0v) is 13.3. The summed E-state index contributed by atoms with van der Waals surface area (Å²) in [6.45, 7) is 3.33. The molecule has 0 aliphatic heterocycles. The van der Waals surface area contributed by atoms with Crippen LogP contribution in [0.5, 0.6) is 5.75 Å². The summed E-state index contributed by atoms with van der Waals surface area (Å²) in [5, 5.41) is 0. The van der Waals surface area contributed by atoms with Crippen LogP contribution in [0.4, 0.5) is 0 Å². The summed E-state index contributed by atoms with van der Waals surface area (Å²) in [6, 6.07) is 16.6. The predicted octanol–water partition coefficient (Wildman–Crippen LogP) is 4.13. The molecule has 0 spiro atoms. The summed E-state index contributed by atoms with van der Waals surface area (Å²) in [6.07, 6.45) is 0.944. The van der Waals surface area contributed by atoms with Crippen LogP contribution in [0, 0.1) is 0 Å². The fourth-order valence-corrected chi connectivity index (χ4v) is 2.69. The number of benzene rings is 2. The lowest BCUT2D eigenvalue weighted by Crippen LogP contribution is -2.15. The van der Waals surface area contributed by atoms with Crippen LogP contribution >= 0.6 is 15.9 Å². The summed E-state index contributed by atoms with van der Waals surface area (Å²) in [7, 11) is 0. The van der Waals surface area contributed by atoms with Crippen molar-refractivity contribution in [3.05, 3.63) is 64.1 Å². The first-order valence-electron chi connectivity index (χ1n) is 6.90. The van der Waals surface area contributed by atoms with Crippen molar-refractivity contribution in [3.8, 4) is 5.75 Å². The third-order valence-corrected chi connectivity index (χ3v) is 3.81. The summed E-state index contributed by atoms with van der Waals surface area (Å²) in [5.41, 5.74) is 8.50. The highest BCUT2D eigenvalue weighted by Gasteiger charge is 2.11. The van der Waals surface area contributed by atoms with Crippen LogP contribution in [0.2, 0.25) is 0 Å². The number of hydrogen-bond donors (Lipinski definition) is 1. The molecule has 0 aliphatic rings. The van der Waals surface area contributed by atoms with E-state index in [4.69, 9.17) is 10.5 Å². The second kappa shape index (κ2) is 7.46. The lowest BCUT2D eigenvalue weighted by atomic mass is 9.92. The topological polar surface area (TPSA) is 35.2 Å². The van der Waals surface area contributed by atoms with Gasteiger partial charge in [-0.15, -0.1) is 0 Å². The molecule has 0 aromatic heterocycles. The normalized spacial score (nSPS) is 12.2. The Morgan fingerprint density at radius 2 is 1.90 bits per heavy atom. The summed E-state index contributed by atoms with van der Waals surface area (Å²) < 4.78 is 6.56. The maximum atomic E-state index is 5.94. The van der Waals surface area contributed by atoms with Gasteiger partial charge >= 0.3 is 0 Å². The average molecular weight is 334 g/mol. The van der Waals surface area contributed by atoms with Gasteiger partial charge in [-0.2, -0.15) is 0 Å².